The Morgan fingerprint density at radius 1 is 1.09 bits per heavy atom. The lowest BCUT2D eigenvalue weighted by molar-refractivity contribution is -0.384. The van der Waals surface area contributed by atoms with E-state index in [9.17, 15) is 14.9 Å². The molecule has 8 heteroatoms. The predicted octanol–water partition coefficient (Wildman–Crippen LogP) is 4.49. The zero-order valence-electron chi connectivity index (χ0n) is 11.0. The van der Waals surface area contributed by atoms with Crippen molar-refractivity contribution in [1.82, 2.24) is 5.32 Å². The quantitative estimate of drug-likeness (QED) is 0.646. The van der Waals surface area contributed by atoms with Crippen molar-refractivity contribution >= 4 is 46.4 Å². The van der Waals surface area contributed by atoms with Crippen molar-refractivity contribution in [2.45, 2.75) is 6.54 Å². The molecular formula is C14H9Cl3N2O3. The second-order valence-electron chi connectivity index (χ2n) is 4.34. The van der Waals surface area contributed by atoms with Crippen LogP contribution in [-0.4, -0.2) is 10.8 Å². The van der Waals surface area contributed by atoms with Crippen molar-refractivity contribution in [1.29, 1.82) is 0 Å². The van der Waals surface area contributed by atoms with Gasteiger partial charge in [-0.05, 0) is 23.8 Å². The lowest BCUT2D eigenvalue weighted by atomic mass is 10.1. The molecule has 0 unspecified atom stereocenters. The van der Waals surface area contributed by atoms with Gasteiger partial charge in [0.05, 0.1) is 15.5 Å². The maximum atomic E-state index is 12.1. The molecule has 0 aliphatic rings. The summed E-state index contributed by atoms with van der Waals surface area (Å²) >= 11 is 17.7. The van der Waals surface area contributed by atoms with Crippen LogP contribution in [0, 0.1) is 10.1 Å². The minimum absolute atomic E-state index is 0.00824. The van der Waals surface area contributed by atoms with Gasteiger partial charge < -0.3 is 5.32 Å². The van der Waals surface area contributed by atoms with Gasteiger partial charge in [0, 0.05) is 28.7 Å². The molecule has 0 fully saturated rings. The number of nitrogens with zero attached hydrogens (tertiary/aromatic N) is 1. The molecule has 1 amide bonds. The topological polar surface area (TPSA) is 72.2 Å². The van der Waals surface area contributed by atoms with Crippen LogP contribution in [0.4, 0.5) is 5.69 Å². The van der Waals surface area contributed by atoms with Crippen molar-refractivity contribution in [2.75, 3.05) is 0 Å². The number of nitro groups is 1. The van der Waals surface area contributed by atoms with Gasteiger partial charge >= 0.3 is 0 Å². The van der Waals surface area contributed by atoms with E-state index >= 15 is 0 Å². The molecule has 2 aromatic carbocycles. The molecule has 0 aliphatic carbocycles. The second kappa shape index (κ2) is 6.96. The van der Waals surface area contributed by atoms with Gasteiger partial charge in [0.1, 0.15) is 0 Å². The van der Waals surface area contributed by atoms with Crippen LogP contribution in [0.2, 0.25) is 15.1 Å². The first-order chi connectivity index (χ1) is 10.4. The van der Waals surface area contributed by atoms with Crippen LogP contribution >= 0.6 is 34.8 Å². The largest absolute Gasteiger partial charge is 0.348 e. The molecule has 0 spiro atoms. The Morgan fingerprint density at radius 2 is 1.82 bits per heavy atom. The van der Waals surface area contributed by atoms with Crippen molar-refractivity contribution in [2.24, 2.45) is 0 Å². The Balaban J connectivity index is 2.11. The number of hydrogen-bond donors (Lipinski definition) is 1. The summed E-state index contributed by atoms with van der Waals surface area (Å²) in [6, 6.07) is 8.58. The molecule has 0 bridgehead atoms. The number of halogens is 3. The van der Waals surface area contributed by atoms with E-state index in [0.717, 1.165) is 6.07 Å². The fourth-order valence-corrected chi connectivity index (χ4v) is 2.47. The van der Waals surface area contributed by atoms with Gasteiger partial charge in [-0.2, -0.15) is 0 Å². The Morgan fingerprint density at radius 3 is 2.41 bits per heavy atom. The Bertz CT molecular complexity index is 750. The molecule has 1 N–H and O–H groups in total. The van der Waals surface area contributed by atoms with Gasteiger partial charge in [0.2, 0.25) is 0 Å². The van der Waals surface area contributed by atoms with Crippen LogP contribution in [-0.2, 0) is 6.54 Å². The summed E-state index contributed by atoms with van der Waals surface area (Å²) in [4.78, 5) is 22.1. The fourth-order valence-electron chi connectivity index (χ4n) is 1.74. The highest BCUT2D eigenvalue weighted by molar-refractivity contribution is 6.35. The summed E-state index contributed by atoms with van der Waals surface area (Å²) in [7, 11) is 0. The first-order valence-electron chi connectivity index (χ1n) is 6.04. The van der Waals surface area contributed by atoms with Gasteiger partial charge in [-0.25, -0.2) is 0 Å². The third kappa shape index (κ3) is 3.88. The van der Waals surface area contributed by atoms with E-state index in [1.165, 1.54) is 12.1 Å². The summed E-state index contributed by atoms with van der Waals surface area (Å²) in [6.07, 6.45) is 0. The maximum Gasteiger partial charge on any atom is 0.270 e. The minimum atomic E-state index is -0.582. The van der Waals surface area contributed by atoms with Crippen molar-refractivity contribution in [3.63, 3.8) is 0 Å². The molecule has 0 heterocycles. The number of nitrogens with one attached hydrogen (secondary N) is 1. The SMILES string of the molecule is O=C(NCc1ccc(Cl)cc1Cl)c1ccc([N+](=O)[O-])cc1Cl. The van der Waals surface area contributed by atoms with Crippen LogP contribution in [0.5, 0.6) is 0 Å². The zero-order chi connectivity index (χ0) is 16.3. The molecule has 22 heavy (non-hydrogen) atoms. The number of hydrogen-bond acceptors (Lipinski definition) is 3. The van der Waals surface area contributed by atoms with Gasteiger partial charge in [-0.15, -0.1) is 0 Å². The Hall–Kier alpha value is -1.82. The maximum absolute atomic E-state index is 12.1. The number of carbonyl (C=O) groups excluding carboxylic acids is 1. The highest BCUT2D eigenvalue weighted by Gasteiger charge is 2.15. The van der Waals surface area contributed by atoms with E-state index in [1.807, 2.05) is 0 Å². The Labute approximate surface area is 140 Å². The van der Waals surface area contributed by atoms with Gasteiger partial charge in [0.25, 0.3) is 11.6 Å². The highest BCUT2D eigenvalue weighted by Crippen LogP contribution is 2.23. The van der Waals surface area contributed by atoms with Gasteiger partial charge in [-0.1, -0.05) is 40.9 Å². The van der Waals surface area contributed by atoms with Gasteiger partial charge in [-0.3, -0.25) is 14.9 Å². The molecule has 114 valence electrons. The number of nitro benzene ring substituents is 1. The summed E-state index contributed by atoms with van der Waals surface area (Å²) < 4.78 is 0. The average Bonchev–Trinajstić information content (AvgIpc) is 2.45. The molecule has 0 atom stereocenters. The molecule has 0 saturated heterocycles. The lowest BCUT2D eigenvalue weighted by Crippen LogP contribution is -2.23. The summed E-state index contributed by atoms with van der Waals surface area (Å²) in [5, 5.41) is 14.2. The van der Waals surface area contributed by atoms with E-state index in [2.05, 4.69) is 5.32 Å². The van der Waals surface area contributed by atoms with Crippen LogP contribution in [0.1, 0.15) is 15.9 Å². The van der Waals surface area contributed by atoms with E-state index in [4.69, 9.17) is 34.8 Å². The molecule has 0 radical (unpaired) electrons. The zero-order valence-corrected chi connectivity index (χ0v) is 13.2. The molecule has 0 saturated carbocycles. The number of carbonyl (C=O) groups is 1. The minimum Gasteiger partial charge on any atom is -0.348 e. The number of rotatable bonds is 4. The smallest absolute Gasteiger partial charge is 0.270 e. The molecule has 2 rings (SSSR count). The summed E-state index contributed by atoms with van der Waals surface area (Å²) in [5.41, 5.74) is 0.664. The standard InChI is InChI=1S/C14H9Cl3N2O3/c15-9-2-1-8(12(16)5-9)7-18-14(20)11-4-3-10(19(21)22)6-13(11)17/h1-6H,7H2,(H,18,20). The van der Waals surface area contributed by atoms with E-state index in [1.54, 1.807) is 18.2 Å². The second-order valence-corrected chi connectivity index (χ2v) is 5.59. The number of amides is 1. The summed E-state index contributed by atoms with van der Waals surface area (Å²) in [5.74, 6) is -0.453. The molecule has 5 nitrogen and oxygen atoms in total. The van der Waals surface area contributed by atoms with Crippen LogP contribution in [0.3, 0.4) is 0 Å². The predicted molar refractivity (Wildman–Crippen MR) is 85.7 cm³/mol. The van der Waals surface area contributed by atoms with E-state index < -0.39 is 10.8 Å². The van der Waals surface area contributed by atoms with Crippen LogP contribution in [0.15, 0.2) is 36.4 Å². The highest BCUT2D eigenvalue weighted by atomic mass is 35.5. The van der Waals surface area contributed by atoms with Gasteiger partial charge in [0.15, 0.2) is 0 Å². The van der Waals surface area contributed by atoms with Crippen LogP contribution < -0.4 is 5.32 Å². The fraction of sp³-hybridized carbons (Fsp3) is 0.0714. The normalized spacial score (nSPS) is 10.3. The monoisotopic (exact) mass is 358 g/mol. The van der Waals surface area contributed by atoms with Crippen molar-refractivity contribution in [3.05, 3.63) is 72.7 Å². The van der Waals surface area contributed by atoms with E-state index in [0.29, 0.717) is 15.6 Å². The van der Waals surface area contributed by atoms with Crippen LogP contribution in [0.25, 0.3) is 0 Å². The third-order valence-corrected chi connectivity index (χ3v) is 3.76. The first-order valence-corrected chi connectivity index (χ1v) is 7.18. The summed E-state index contributed by atoms with van der Waals surface area (Å²) in [6.45, 7) is 0.183. The Kier molecular flexibility index (Phi) is 5.24. The van der Waals surface area contributed by atoms with E-state index in [-0.39, 0.29) is 22.8 Å². The number of benzene rings is 2. The first kappa shape index (κ1) is 16.5. The number of non-ortho nitro benzene ring substituents is 1. The molecule has 0 aromatic heterocycles. The third-order valence-electron chi connectivity index (χ3n) is 2.86. The lowest BCUT2D eigenvalue weighted by Gasteiger charge is -2.08. The molecule has 2 aromatic rings. The molecular weight excluding hydrogens is 351 g/mol. The van der Waals surface area contributed by atoms with Crippen molar-refractivity contribution < 1.29 is 9.72 Å². The molecule has 0 aliphatic heterocycles. The van der Waals surface area contributed by atoms with Crippen molar-refractivity contribution in [3.8, 4) is 0 Å². The average molecular weight is 360 g/mol.